The predicted octanol–water partition coefficient (Wildman–Crippen LogP) is 4.61. The van der Waals surface area contributed by atoms with Crippen LogP contribution in [0.2, 0.25) is 0 Å². The summed E-state index contributed by atoms with van der Waals surface area (Å²) in [6.07, 6.45) is 3.42. The van der Waals surface area contributed by atoms with Gasteiger partial charge in [-0.3, -0.25) is 62.5 Å². The van der Waals surface area contributed by atoms with Crippen molar-refractivity contribution in [3.05, 3.63) is 47.5 Å². The number of amides is 7. The van der Waals surface area contributed by atoms with Gasteiger partial charge in [0.25, 0.3) is 11.8 Å². The quantitative estimate of drug-likeness (QED) is 0.0593. The average molecular weight is 1300 g/mol. The lowest BCUT2D eigenvalue weighted by Crippen LogP contribution is -2.54. The van der Waals surface area contributed by atoms with Crippen molar-refractivity contribution in [3.63, 3.8) is 0 Å². The molecule has 24 nitrogen and oxygen atoms in total. The summed E-state index contributed by atoms with van der Waals surface area (Å²) in [5.41, 5.74) is 6.20. The summed E-state index contributed by atoms with van der Waals surface area (Å²) in [4.78, 5) is 138. The van der Waals surface area contributed by atoms with Gasteiger partial charge in [0.05, 0.1) is 101 Å². The van der Waals surface area contributed by atoms with Crippen molar-refractivity contribution in [2.75, 3.05) is 88.1 Å². The van der Waals surface area contributed by atoms with E-state index in [0.717, 1.165) is 4.90 Å². The Hall–Kier alpha value is -5.83. The largest absolute Gasteiger partial charge is 0.379 e. The van der Waals surface area contributed by atoms with Crippen molar-refractivity contribution < 1.29 is 80.0 Å². The van der Waals surface area contributed by atoms with Crippen LogP contribution in [0, 0.1) is 41.4 Å². The molecule has 7 amide bonds. The maximum Gasteiger partial charge on any atom is 0.253 e. The number of hydrogen-bond donors (Lipinski definition) is 3. The Kier molecular flexibility index (Phi) is 34.6. The van der Waals surface area contributed by atoms with E-state index >= 15 is 0 Å². The highest BCUT2D eigenvalue weighted by Gasteiger charge is 2.44. The number of nitrogens with zero attached hydrogens (tertiary/aromatic N) is 4. The number of nitrogens with two attached hydrogens (primary N) is 1. The Bertz CT molecular complexity index is 2680. The molecule has 0 aliphatic carbocycles. The Morgan fingerprint density at radius 1 is 0.703 bits per heavy atom. The molecule has 1 fully saturated rings. The van der Waals surface area contributed by atoms with Crippen LogP contribution in [0.3, 0.4) is 0 Å². The highest BCUT2D eigenvalue weighted by Crippen LogP contribution is 2.32. The second-order valence-electron chi connectivity index (χ2n) is 25.6. The Balaban J connectivity index is 1.61. The molecule has 91 heavy (non-hydrogen) atoms. The molecule has 2 heterocycles. The maximum absolute atomic E-state index is 14.5. The first kappa shape index (κ1) is 79.4. The van der Waals surface area contributed by atoms with Crippen LogP contribution in [-0.4, -0.2) is 211 Å². The molecule has 1 aromatic rings. The summed E-state index contributed by atoms with van der Waals surface area (Å²) in [7, 11) is 4.06. The molecule has 10 atom stereocenters. The van der Waals surface area contributed by atoms with E-state index in [9.17, 15) is 56.4 Å². The minimum absolute atomic E-state index is 0.00818. The molecule has 1 unspecified atom stereocenters. The highest BCUT2D eigenvalue weighted by molar-refractivity contribution is 7.89. The molecule has 3 rings (SSSR count). The number of likely N-dealkylation sites (tertiary alicyclic amines) is 1. The molecule has 514 valence electrons. The van der Waals surface area contributed by atoms with Gasteiger partial charge in [-0.1, -0.05) is 99.4 Å². The van der Waals surface area contributed by atoms with Crippen LogP contribution in [0.25, 0.3) is 0 Å². The molecule has 0 radical (unpaired) electrons. The third-order valence-electron chi connectivity index (χ3n) is 17.4. The van der Waals surface area contributed by atoms with Crippen LogP contribution in [0.5, 0.6) is 0 Å². The van der Waals surface area contributed by atoms with Crippen LogP contribution in [0.4, 0.5) is 0 Å². The zero-order chi connectivity index (χ0) is 68.3. The minimum atomic E-state index is -4.29. The van der Waals surface area contributed by atoms with Crippen LogP contribution in [-0.2, 0) is 93.8 Å². The normalized spacial score (nSPS) is 17.5. The molecular weight excluding hydrogens is 1190 g/mol. The fraction of sp³-hybridized carbons (Fsp3) is 0.727. The number of rotatable bonds is 46. The molecule has 4 N–H and O–H groups in total. The van der Waals surface area contributed by atoms with Crippen LogP contribution in [0.15, 0.2) is 36.4 Å². The second-order valence-corrected chi connectivity index (χ2v) is 27.3. The molecule has 0 spiro atoms. The molecule has 25 heteroatoms. The van der Waals surface area contributed by atoms with Crippen molar-refractivity contribution in [1.29, 1.82) is 0 Å². The van der Waals surface area contributed by atoms with E-state index < -0.39 is 81.6 Å². The number of hydrogen-bond acceptors (Lipinski definition) is 18. The van der Waals surface area contributed by atoms with Crippen LogP contribution in [0.1, 0.15) is 144 Å². The van der Waals surface area contributed by atoms with Gasteiger partial charge in [0.15, 0.2) is 11.6 Å². The number of Topliss-reactive ketones (excluding diaryl/α,β-unsaturated/α-hetero) is 3. The first-order chi connectivity index (χ1) is 42.9. The number of sulfonamides is 1. The summed E-state index contributed by atoms with van der Waals surface area (Å²) in [6.45, 7) is 18.7. The molecular formula is C66H107N7O17S. The fourth-order valence-electron chi connectivity index (χ4n) is 12.1. The molecule has 1 saturated heterocycles. The second kappa shape index (κ2) is 39.7. The standard InChI is InChI=1S/C66H107N7O17S/c1-15-45(8)62(71(12)66(83)51(43(4)5)39-55(76)61(44(6)7)70(10)11)56(86-13)40-60(80)72-29-18-20-53(72)63(87-14)46(9)64(81)69-91(84,85)41-48-24-22-47(23-25-48)37-54(75)52(19-16-17-21-57(67)77)68-65(82)50(42(2)3)38-49(74)28-31-88-33-35-90-36-34-89-32-30-73-58(78)26-27-59(73)79/h22-27,42-46,50-53,56,61-63H,15-21,28-41H2,1-14H3,(H2,67,77)(H,68,82)(H,69,81)/t45-,46+,50-,51-,52-,53?,56+,61-,62-,63+/m0/s1. The first-order valence-corrected chi connectivity index (χ1v) is 33.9. The molecule has 2 aliphatic heterocycles. The number of benzene rings is 1. The van der Waals surface area contributed by atoms with Gasteiger partial charge >= 0.3 is 0 Å². The zero-order valence-corrected chi connectivity index (χ0v) is 57.4. The topological polar surface area (TPSA) is 314 Å². The van der Waals surface area contributed by atoms with E-state index in [-0.39, 0.29) is 162 Å². The lowest BCUT2D eigenvalue weighted by atomic mass is 9.83. The van der Waals surface area contributed by atoms with E-state index in [2.05, 4.69) is 10.0 Å². The third kappa shape index (κ3) is 25.9. The summed E-state index contributed by atoms with van der Waals surface area (Å²) in [6, 6.07) is 3.79. The van der Waals surface area contributed by atoms with E-state index in [1.807, 2.05) is 60.5 Å². The fourth-order valence-corrected chi connectivity index (χ4v) is 13.3. The summed E-state index contributed by atoms with van der Waals surface area (Å²) in [5.74, 6) is -7.02. The lowest BCUT2D eigenvalue weighted by Gasteiger charge is -2.41. The first-order valence-electron chi connectivity index (χ1n) is 32.2. The molecule has 0 bridgehead atoms. The summed E-state index contributed by atoms with van der Waals surface area (Å²) < 4.78 is 57.9. The number of carbonyl (C=O) groups is 10. The van der Waals surface area contributed by atoms with Gasteiger partial charge in [-0.2, -0.15) is 0 Å². The Morgan fingerprint density at radius 2 is 1.29 bits per heavy atom. The summed E-state index contributed by atoms with van der Waals surface area (Å²) in [5, 5.41) is 2.87. The number of methoxy groups -OCH3 is 2. The molecule has 1 aromatic carbocycles. The maximum atomic E-state index is 14.5. The number of primary amides is 1. The van der Waals surface area contributed by atoms with E-state index in [1.54, 1.807) is 49.8 Å². The Labute approximate surface area is 540 Å². The lowest BCUT2D eigenvalue weighted by molar-refractivity contribution is -0.149. The van der Waals surface area contributed by atoms with Crippen molar-refractivity contribution in [2.24, 2.45) is 47.2 Å². The monoisotopic (exact) mass is 1300 g/mol. The van der Waals surface area contributed by atoms with Crippen molar-refractivity contribution in [2.45, 2.75) is 181 Å². The summed E-state index contributed by atoms with van der Waals surface area (Å²) >= 11 is 0. The van der Waals surface area contributed by atoms with E-state index in [0.29, 0.717) is 49.8 Å². The zero-order valence-electron chi connectivity index (χ0n) is 56.5. The van der Waals surface area contributed by atoms with Crippen molar-refractivity contribution in [3.8, 4) is 0 Å². The van der Waals surface area contributed by atoms with Gasteiger partial charge in [0.1, 0.15) is 5.78 Å². The number of ketones is 3. The number of nitrogens with one attached hydrogen (secondary N) is 2. The SMILES string of the molecule is CC[C@H](C)[C@@H]([C@@H](CC(=O)N1CCCC1[C@H](OC)[C@@H](C)C(=O)NS(=O)(=O)Cc1ccc(CC(=O)[C@H](CCCCC(N)=O)NC(=O)[C@@H](CC(=O)CCOCCOCCOCCN2C(=O)C=CC2=O)C(C)C)cc1)OC)N(C)C(=O)[C@@H](CC(=O)[C@H](C(C)C)N(C)C)C(C)C. The number of imide groups is 1. The number of likely N-dealkylation sites (N-methyl/N-ethyl adjacent to an activating group) is 2. The van der Waals surface area contributed by atoms with Gasteiger partial charge in [0.2, 0.25) is 39.6 Å². The van der Waals surface area contributed by atoms with Crippen LogP contribution >= 0.6 is 0 Å². The number of unbranched alkanes of at least 4 members (excludes halogenated alkanes) is 1. The molecule has 0 saturated carbocycles. The van der Waals surface area contributed by atoms with E-state index in [4.69, 9.17) is 29.4 Å². The smallest absolute Gasteiger partial charge is 0.253 e. The van der Waals surface area contributed by atoms with Crippen molar-refractivity contribution >= 4 is 68.7 Å². The van der Waals surface area contributed by atoms with Crippen LogP contribution < -0.4 is 15.8 Å². The average Bonchev–Trinajstić information content (AvgIpc) is 3.83. The number of ether oxygens (including phenoxy) is 5. The minimum Gasteiger partial charge on any atom is -0.379 e. The molecule has 2 aliphatic rings. The Morgan fingerprint density at radius 3 is 1.82 bits per heavy atom. The van der Waals surface area contributed by atoms with Gasteiger partial charge in [0, 0.05) is 83.9 Å². The van der Waals surface area contributed by atoms with Gasteiger partial charge in [-0.15, -0.1) is 0 Å². The third-order valence-corrected chi connectivity index (χ3v) is 18.6. The van der Waals surface area contributed by atoms with Crippen molar-refractivity contribution in [1.82, 2.24) is 29.6 Å². The number of carbonyl (C=O) groups excluding carboxylic acids is 10. The van der Waals surface area contributed by atoms with Gasteiger partial charge < -0.3 is 44.5 Å². The van der Waals surface area contributed by atoms with E-state index in [1.165, 1.54) is 38.5 Å². The molecule has 0 aromatic heterocycles. The predicted molar refractivity (Wildman–Crippen MR) is 343 cm³/mol. The highest BCUT2D eigenvalue weighted by atomic mass is 32.2. The van der Waals surface area contributed by atoms with Gasteiger partial charge in [-0.05, 0) is 74.6 Å². The van der Waals surface area contributed by atoms with Gasteiger partial charge in [-0.25, -0.2) is 8.42 Å².